The third kappa shape index (κ3) is 6.04. The molecule has 0 radical (unpaired) electrons. The summed E-state index contributed by atoms with van der Waals surface area (Å²) >= 11 is 1.69. The summed E-state index contributed by atoms with van der Waals surface area (Å²) in [7, 11) is 0. The Morgan fingerprint density at radius 3 is 1.00 bits per heavy atom. The van der Waals surface area contributed by atoms with Crippen molar-refractivity contribution in [2.45, 2.75) is 51.9 Å². The summed E-state index contributed by atoms with van der Waals surface area (Å²) in [6.07, 6.45) is 0. The minimum absolute atomic E-state index is 0. The SMILES string of the molecule is CC(C)(C)[P](=O)([Mg+])C(C)(C)C.[Cl-].[Cl-].[Li+]. The third-order valence-electron chi connectivity index (χ3n) is 2.17. The molecule has 0 amide bonds. The van der Waals surface area contributed by atoms with Crippen LogP contribution in [0.25, 0.3) is 0 Å². The molecule has 78 valence electrons. The van der Waals surface area contributed by atoms with Gasteiger partial charge in [-0.2, -0.15) is 0 Å². The van der Waals surface area contributed by atoms with Crippen molar-refractivity contribution in [3.05, 3.63) is 0 Å². The average Bonchev–Trinajstić information content (AvgIpc) is 1.58. The van der Waals surface area contributed by atoms with E-state index in [9.17, 15) is 4.57 Å². The van der Waals surface area contributed by atoms with E-state index >= 15 is 0 Å². The molecule has 0 saturated heterocycles. The fourth-order valence-electron chi connectivity index (χ4n) is 1.01. The smallest absolute Gasteiger partial charge is 1.00 e. The Kier molecular flexibility index (Phi) is 13.4. The Morgan fingerprint density at radius 1 is 0.857 bits per heavy atom. The molecular weight excluding hydrogens is 245 g/mol. The summed E-state index contributed by atoms with van der Waals surface area (Å²) in [4.78, 5) is -2.03. The number of halogens is 2. The molecule has 6 heteroatoms. The zero-order valence-corrected chi connectivity index (χ0v) is 14.1. The van der Waals surface area contributed by atoms with Gasteiger partial charge in [0, 0.05) is 0 Å². The Labute approximate surface area is 125 Å². The minimum Gasteiger partial charge on any atom is -1.00 e. The largest absolute Gasteiger partial charge is 1.00 e. The van der Waals surface area contributed by atoms with Crippen LogP contribution in [0.2, 0.25) is 0 Å². The molecule has 0 saturated carbocycles. The van der Waals surface area contributed by atoms with Crippen LogP contribution in [-0.4, -0.2) is 31.5 Å². The van der Waals surface area contributed by atoms with Gasteiger partial charge in [-0.15, -0.1) is 0 Å². The first kappa shape index (κ1) is 25.1. The Hall–Kier alpha value is 2.17. The molecule has 1 nitrogen and oxygen atoms in total. The van der Waals surface area contributed by atoms with E-state index in [1.807, 2.05) is 0 Å². The topological polar surface area (TPSA) is 17.1 Å². The van der Waals surface area contributed by atoms with Crippen LogP contribution >= 0.6 is 4.93 Å². The van der Waals surface area contributed by atoms with Crippen LogP contribution in [0.4, 0.5) is 0 Å². The molecule has 14 heavy (non-hydrogen) atoms. The van der Waals surface area contributed by atoms with Gasteiger partial charge in [-0.25, -0.2) is 0 Å². The predicted molar refractivity (Wildman–Crippen MR) is 52.9 cm³/mol. The van der Waals surface area contributed by atoms with Crippen molar-refractivity contribution in [2.75, 3.05) is 0 Å². The fourth-order valence-corrected chi connectivity index (χ4v) is 3.02. The van der Waals surface area contributed by atoms with Crippen LogP contribution in [0, 0.1) is 0 Å². The molecule has 0 aliphatic rings. The maximum atomic E-state index is 12.3. The van der Waals surface area contributed by atoms with Crippen molar-refractivity contribution < 1.29 is 48.2 Å². The molecule has 0 atom stereocenters. The second kappa shape index (κ2) is 7.49. The molecule has 0 aromatic rings. The van der Waals surface area contributed by atoms with E-state index in [2.05, 4.69) is 41.5 Å². The molecule has 0 unspecified atom stereocenters. The molecule has 0 aromatic heterocycles. The van der Waals surface area contributed by atoms with E-state index in [4.69, 9.17) is 0 Å². The van der Waals surface area contributed by atoms with E-state index in [-0.39, 0.29) is 54.0 Å². The zero-order chi connectivity index (χ0) is 9.50. The summed E-state index contributed by atoms with van der Waals surface area (Å²) in [6, 6.07) is 0. The summed E-state index contributed by atoms with van der Waals surface area (Å²) in [6.45, 7) is 12.4. The summed E-state index contributed by atoms with van der Waals surface area (Å²) in [5.41, 5.74) is 0. The van der Waals surface area contributed by atoms with Crippen molar-refractivity contribution in [3.8, 4) is 0 Å². The summed E-state index contributed by atoms with van der Waals surface area (Å²) in [5.74, 6) is 0. The molecule has 0 aromatic carbocycles. The van der Waals surface area contributed by atoms with Gasteiger partial charge in [-0.1, -0.05) is 0 Å². The van der Waals surface area contributed by atoms with Gasteiger partial charge >= 0.3 is 101 Å². The summed E-state index contributed by atoms with van der Waals surface area (Å²) < 4.78 is 12.3. The molecule has 0 aliphatic carbocycles. The number of rotatable bonds is 0. The van der Waals surface area contributed by atoms with E-state index in [0.29, 0.717) is 0 Å². The monoisotopic (exact) mass is 262 g/mol. The normalized spacial score (nSPS) is 12.0. The quantitative estimate of drug-likeness (QED) is 0.314. The molecule has 0 N–H and O–H groups in total. The van der Waals surface area contributed by atoms with E-state index < -0.39 is 4.93 Å². The molecule has 0 spiro atoms. The van der Waals surface area contributed by atoms with Crippen LogP contribution in [0.3, 0.4) is 0 Å². The van der Waals surface area contributed by atoms with Crippen molar-refractivity contribution in [1.82, 2.24) is 0 Å². The Balaban J connectivity index is -0.000000167. The van der Waals surface area contributed by atoms with Gasteiger partial charge in [0.1, 0.15) is 0 Å². The Bertz CT molecular complexity index is 180. The van der Waals surface area contributed by atoms with Gasteiger partial charge in [0.15, 0.2) is 0 Å². The van der Waals surface area contributed by atoms with Crippen LogP contribution in [0.5, 0.6) is 0 Å². The molecule has 0 bridgehead atoms. The first-order chi connectivity index (χ1) is 4.50. The van der Waals surface area contributed by atoms with Crippen molar-refractivity contribution in [2.24, 2.45) is 0 Å². The molecular formula is C8H18Cl2LiMgOP. The number of hydrogen-bond donors (Lipinski definition) is 0. The predicted octanol–water partition coefficient (Wildman–Crippen LogP) is -5.96. The first-order valence-corrected chi connectivity index (χ1v) is 7.74. The van der Waals surface area contributed by atoms with E-state index in [1.54, 1.807) is 21.2 Å². The fraction of sp³-hybridized carbons (Fsp3) is 1.00. The molecule has 0 rings (SSSR count). The van der Waals surface area contributed by atoms with Crippen LogP contribution in [-0.2, 0) is 4.57 Å². The van der Waals surface area contributed by atoms with Crippen LogP contribution in [0.1, 0.15) is 41.5 Å². The molecule has 0 heterocycles. The van der Waals surface area contributed by atoms with E-state index in [1.165, 1.54) is 0 Å². The third-order valence-corrected chi connectivity index (χ3v) is 12.2. The standard InChI is InChI=1S/C8H18OP.2ClH.Li.Mg/c1-7(2,3)10(9)8(4,5)6;;;;/h1-6H3;2*1H;;/q+1;;;+1;/p-2. The maximum absolute atomic E-state index is 12.3. The number of hydrogen-bond acceptors (Lipinski definition) is 1. The van der Waals surface area contributed by atoms with Gasteiger partial charge in [0.05, 0.1) is 0 Å². The average molecular weight is 263 g/mol. The second-order valence-electron chi connectivity index (χ2n) is 5.08. The van der Waals surface area contributed by atoms with Crippen molar-refractivity contribution in [1.29, 1.82) is 0 Å². The van der Waals surface area contributed by atoms with Crippen LogP contribution in [0.15, 0.2) is 0 Å². The van der Waals surface area contributed by atoms with Gasteiger partial charge in [0.2, 0.25) is 0 Å². The van der Waals surface area contributed by atoms with Crippen LogP contribution < -0.4 is 43.7 Å². The maximum Gasteiger partial charge on any atom is 1.00 e. The van der Waals surface area contributed by atoms with Crippen molar-refractivity contribution >= 4 is 26.1 Å². The summed E-state index contributed by atoms with van der Waals surface area (Å²) in [5, 5.41) is -0.104. The second-order valence-corrected chi connectivity index (χ2v) is 11.9. The van der Waals surface area contributed by atoms with E-state index in [0.717, 1.165) is 0 Å². The van der Waals surface area contributed by atoms with Gasteiger partial charge in [-0.05, 0) is 0 Å². The van der Waals surface area contributed by atoms with Gasteiger partial charge < -0.3 is 24.8 Å². The van der Waals surface area contributed by atoms with Gasteiger partial charge in [-0.3, -0.25) is 0 Å². The molecule has 0 aliphatic heterocycles. The minimum atomic E-state index is -2.03. The zero-order valence-electron chi connectivity index (χ0n) is 10.3. The van der Waals surface area contributed by atoms with Crippen molar-refractivity contribution in [3.63, 3.8) is 0 Å². The first-order valence-electron chi connectivity index (χ1n) is 3.95. The Morgan fingerprint density at radius 2 is 1.00 bits per heavy atom. The van der Waals surface area contributed by atoms with Gasteiger partial charge in [0.25, 0.3) is 0 Å². The molecule has 0 fully saturated rings.